The van der Waals surface area contributed by atoms with Crippen molar-refractivity contribution in [1.82, 2.24) is 10.6 Å². The molecule has 0 spiro atoms. The molecule has 170 valence electrons. The second-order valence-electron chi connectivity index (χ2n) is 7.60. The first-order valence-electron chi connectivity index (χ1n) is 10.8. The van der Waals surface area contributed by atoms with Crippen molar-refractivity contribution in [1.29, 1.82) is 0 Å². The van der Waals surface area contributed by atoms with Gasteiger partial charge < -0.3 is 24.7 Å². The summed E-state index contributed by atoms with van der Waals surface area (Å²) in [4.78, 5) is 39.0. The third-order valence-electron chi connectivity index (χ3n) is 5.28. The van der Waals surface area contributed by atoms with Crippen LogP contribution >= 0.6 is 0 Å². The Bertz CT molecular complexity index is 1130. The molecule has 1 aromatic heterocycles. The van der Waals surface area contributed by atoms with E-state index in [2.05, 4.69) is 10.6 Å². The maximum Gasteiger partial charge on any atom is 0.251 e. The summed E-state index contributed by atoms with van der Waals surface area (Å²) in [5, 5.41) is 5.61. The predicted octanol–water partition coefficient (Wildman–Crippen LogP) is 3.03. The lowest BCUT2D eigenvalue weighted by Gasteiger charge is -2.29. The summed E-state index contributed by atoms with van der Waals surface area (Å²) in [6.45, 7) is 1.47. The third-order valence-corrected chi connectivity index (χ3v) is 5.28. The Labute approximate surface area is 191 Å². The normalized spacial score (nSPS) is 12.4. The molecule has 0 bridgehead atoms. The second-order valence-corrected chi connectivity index (χ2v) is 7.60. The van der Waals surface area contributed by atoms with Crippen molar-refractivity contribution in [2.75, 3.05) is 18.1 Å². The van der Waals surface area contributed by atoms with Crippen LogP contribution in [0.5, 0.6) is 5.75 Å². The second kappa shape index (κ2) is 10.5. The molecule has 0 atom stereocenters. The van der Waals surface area contributed by atoms with E-state index in [1.165, 1.54) is 0 Å². The molecular formula is C25H25N3O5. The first-order chi connectivity index (χ1) is 16.1. The van der Waals surface area contributed by atoms with Crippen molar-refractivity contribution < 1.29 is 23.5 Å². The maximum absolute atomic E-state index is 12.6. The van der Waals surface area contributed by atoms with Crippen LogP contribution in [0.25, 0.3) is 0 Å². The van der Waals surface area contributed by atoms with Crippen LogP contribution in [-0.2, 0) is 22.7 Å². The fourth-order valence-corrected chi connectivity index (χ4v) is 3.58. The van der Waals surface area contributed by atoms with Crippen LogP contribution in [0.15, 0.2) is 71.3 Å². The van der Waals surface area contributed by atoms with E-state index >= 15 is 0 Å². The number of para-hydroxylation sites is 2. The average Bonchev–Trinajstić information content (AvgIpc) is 3.38. The Morgan fingerprint density at radius 2 is 1.79 bits per heavy atom. The number of carbonyl (C=O) groups is 3. The molecule has 1 aliphatic heterocycles. The fourth-order valence-electron chi connectivity index (χ4n) is 3.58. The third kappa shape index (κ3) is 5.79. The number of benzene rings is 2. The quantitative estimate of drug-likeness (QED) is 0.553. The molecule has 8 heteroatoms. The van der Waals surface area contributed by atoms with Crippen LogP contribution in [0.1, 0.15) is 34.5 Å². The number of furan rings is 1. The molecule has 2 heterocycles. The van der Waals surface area contributed by atoms with Crippen molar-refractivity contribution in [2.24, 2.45) is 0 Å². The Kier molecular flexibility index (Phi) is 7.04. The molecule has 33 heavy (non-hydrogen) atoms. The highest BCUT2D eigenvalue weighted by Crippen LogP contribution is 2.31. The molecule has 3 aromatic rings. The largest absolute Gasteiger partial charge is 0.490 e. The fraction of sp³-hybridized carbons (Fsp3) is 0.240. The van der Waals surface area contributed by atoms with Crippen LogP contribution in [0, 0.1) is 0 Å². The number of hydrogen-bond donors (Lipinski definition) is 2. The number of fused-ring (bicyclic) bond motifs is 1. The zero-order valence-electron chi connectivity index (χ0n) is 18.1. The minimum absolute atomic E-state index is 0.0850. The monoisotopic (exact) mass is 447 g/mol. The van der Waals surface area contributed by atoms with Crippen molar-refractivity contribution in [3.8, 4) is 5.75 Å². The van der Waals surface area contributed by atoms with Gasteiger partial charge in [0.25, 0.3) is 5.91 Å². The highest BCUT2D eigenvalue weighted by molar-refractivity contribution is 5.97. The summed E-state index contributed by atoms with van der Waals surface area (Å²) in [6, 6.07) is 18.0. The van der Waals surface area contributed by atoms with Crippen molar-refractivity contribution in [2.45, 2.75) is 25.9 Å². The Morgan fingerprint density at radius 3 is 2.64 bits per heavy atom. The van der Waals surface area contributed by atoms with E-state index < -0.39 is 0 Å². The van der Waals surface area contributed by atoms with E-state index in [0.717, 1.165) is 11.3 Å². The number of nitrogens with zero attached hydrogens (tertiary/aromatic N) is 1. The molecule has 4 rings (SSSR count). The minimum Gasteiger partial charge on any atom is -0.490 e. The molecule has 0 unspecified atom stereocenters. The van der Waals surface area contributed by atoms with Gasteiger partial charge in [0.05, 0.1) is 25.0 Å². The summed E-state index contributed by atoms with van der Waals surface area (Å²) in [5.74, 6) is 0.779. The van der Waals surface area contributed by atoms with E-state index in [9.17, 15) is 14.4 Å². The molecule has 0 saturated carbocycles. The number of amides is 3. The van der Waals surface area contributed by atoms with Crippen molar-refractivity contribution >= 4 is 23.4 Å². The van der Waals surface area contributed by atoms with Gasteiger partial charge in [0.1, 0.15) is 18.1 Å². The van der Waals surface area contributed by atoms with Crippen molar-refractivity contribution in [3.63, 3.8) is 0 Å². The standard InChI is InChI=1S/C25H25N3O5/c29-23(10-11-24(30)28-12-14-33-22-9-2-1-8-21(22)28)26-16-18-5-3-6-19(15-18)25(31)27-17-20-7-4-13-32-20/h1-9,13,15H,10-12,14,16-17H2,(H,26,29)(H,27,31). The minimum atomic E-state index is -0.226. The zero-order chi connectivity index (χ0) is 23.0. The SMILES string of the molecule is O=C(CCC(=O)N1CCOc2ccccc21)NCc1cccc(C(=O)NCc2ccco2)c1. The first-order valence-corrected chi connectivity index (χ1v) is 10.8. The van der Waals surface area contributed by atoms with Gasteiger partial charge in [0.15, 0.2) is 0 Å². The summed E-state index contributed by atoms with van der Waals surface area (Å²) in [6.07, 6.45) is 1.75. The highest BCUT2D eigenvalue weighted by Gasteiger charge is 2.23. The predicted molar refractivity (Wildman–Crippen MR) is 122 cm³/mol. The lowest BCUT2D eigenvalue weighted by molar-refractivity contribution is -0.125. The van der Waals surface area contributed by atoms with E-state index in [1.54, 1.807) is 41.5 Å². The topological polar surface area (TPSA) is 101 Å². The van der Waals surface area contributed by atoms with E-state index in [1.807, 2.05) is 30.3 Å². The Balaban J connectivity index is 1.24. The smallest absolute Gasteiger partial charge is 0.251 e. The Morgan fingerprint density at radius 1 is 0.909 bits per heavy atom. The molecule has 1 aliphatic rings. The van der Waals surface area contributed by atoms with E-state index in [0.29, 0.717) is 36.8 Å². The number of rotatable bonds is 8. The van der Waals surface area contributed by atoms with Gasteiger partial charge >= 0.3 is 0 Å². The molecule has 8 nitrogen and oxygen atoms in total. The molecule has 0 fully saturated rings. The highest BCUT2D eigenvalue weighted by atomic mass is 16.5. The molecule has 0 saturated heterocycles. The number of nitrogens with one attached hydrogen (secondary N) is 2. The number of ether oxygens (including phenoxy) is 1. The van der Waals surface area contributed by atoms with Gasteiger partial charge in [-0.05, 0) is 42.0 Å². The van der Waals surface area contributed by atoms with Gasteiger partial charge in [-0.3, -0.25) is 14.4 Å². The van der Waals surface area contributed by atoms with E-state index in [-0.39, 0.29) is 37.1 Å². The molecule has 2 N–H and O–H groups in total. The lowest BCUT2D eigenvalue weighted by Crippen LogP contribution is -2.38. The van der Waals surface area contributed by atoms with Crippen LogP contribution in [0.4, 0.5) is 5.69 Å². The Hall–Kier alpha value is -4.07. The summed E-state index contributed by atoms with van der Waals surface area (Å²) >= 11 is 0. The van der Waals surface area contributed by atoms with Crippen LogP contribution in [0.3, 0.4) is 0 Å². The van der Waals surface area contributed by atoms with Crippen LogP contribution < -0.4 is 20.3 Å². The van der Waals surface area contributed by atoms with Gasteiger partial charge in [-0.1, -0.05) is 24.3 Å². The van der Waals surface area contributed by atoms with Crippen LogP contribution in [-0.4, -0.2) is 30.9 Å². The lowest BCUT2D eigenvalue weighted by atomic mass is 10.1. The summed E-state index contributed by atoms with van der Waals surface area (Å²) in [7, 11) is 0. The molecule has 2 aromatic carbocycles. The number of carbonyl (C=O) groups excluding carboxylic acids is 3. The van der Waals surface area contributed by atoms with Gasteiger partial charge in [-0.15, -0.1) is 0 Å². The van der Waals surface area contributed by atoms with E-state index in [4.69, 9.17) is 9.15 Å². The van der Waals surface area contributed by atoms with Gasteiger partial charge in [-0.25, -0.2) is 0 Å². The summed E-state index contributed by atoms with van der Waals surface area (Å²) in [5.41, 5.74) is 2.02. The average molecular weight is 447 g/mol. The molecule has 0 aliphatic carbocycles. The number of hydrogen-bond acceptors (Lipinski definition) is 5. The molecule has 0 radical (unpaired) electrons. The summed E-state index contributed by atoms with van der Waals surface area (Å²) < 4.78 is 10.8. The van der Waals surface area contributed by atoms with Gasteiger partial charge in [-0.2, -0.15) is 0 Å². The molecular weight excluding hydrogens is 422 g/mol. The zero-order valence-corrected chi connectivity index (χ0v) is 18.1. The van der Waals surface area contributed by atoms with Crippen LogP contribution in [0.2, 0.25) is 0 Å². The molecule has 3 amide bonds. The first kappa shape index (κ1) is 22.1. The number of anilines is 1. The van der Waals surface area contributed by atoms with Gasteiger partial charge in [0, 0.05) is 24.9 Å². The maximum atomic E-state index is 12.6. The van der Waals surface area contributed by atoms with Crippen molar-refractivity contribution in [3.05, 3.63) is 83.8 Å². The van der Waals surface area contributed by atoms with Gasteiger partial charge in [0.2, 0.25) is 11.8 Å².